The quantitative estimate of drug-likeness (QED) is 0.824. The third-order valence-corrected chi connectivity index (χ3v) is 5.56. The van der Waals surface area contributed by atoms with Crippen LogP contribution in [0.5, 0.6) is 0 Å². The second kappa shape index (κ2) is 9.03. The minimum absolute atomic E-state index is 0.0614. The van der Waals surface area contributed by atoms with E-state index in [0.717, 1.165) is 25.3 Å². The van der Waals surface area contributed by atoms with Crippen LogP contribution in [0.1, 0.15) is 49.4 Å². The first-order valence-corrected chi connectivity index (χ1v) is 9.95. The van der Waals surface area contributed by atoms with Crippen molar-refractivity contribution in [2.75, 3.05) is 37.6 Å². The van der Waals surface area contributed by atoms with Crippen LogP contribution in [-0.2, 0) is 9.59 Å². The van der Waals surface area contributed by atoms with Crippen LogP contribution in [0.15, 0.2) is 18.3 Å². The van der Waals surface area contributed by atoms with Crippen LogP contribution in [0.4, 0.5) is 5.82 Å². The Morgan fingerprint density at radius 1 is 1.11 bits per heavy atom. The number of aliphatic carboxylic acids is 1. The van der Waals surface area contributed by atoms with E-state index in [2.05, 4.69) is 9.88 Å². The van der Waals surface area contributed by atoms with Gasteiger partial charge in [0, 0.05) is 45.3 Å². The molecule has 2 saturated heterocycles. The van der Waals surface area contributed by atoms with Crippen LogP contribution >= 0.6 is 0 Å². The standard InChI is InChI=1S/C20H28N4O4/c1-15(25)24(14-19(26)27)17-5-4-11-23(12-8-17)20(28)16-6-7-18(21-13-16)22-9-2-3-10-22/h6-7,13,17H,2-5,8-12,14H2,1H3,(H,26,27). The molecular weight excluding hydrogens is 360 g/mol. The molecule has 0 bridgehead atoms. The minimum Gasteiger partial charge on any atom is -0.480 e. The lowest BCUT2D eigenvalue weighted by molar-refractivity contribution is -0.145. The fourth-order valence-corrected chi connectivity index (χ4v) is 4.07. The minimum atomic E-state index is -1.02. The number of hydrogen-bond acceptors (Lipinski definition) is 5. The summed E-state index contributed by atoms with van der Waals surface area (Å²) in [5.41, 5.74) is 0.565. The van der Waals surface area contributed by atoms with Crippen molar-refractivity contribution in [1.29, 1.82) is 0 Å². The summed E-state index contributed by atoms with van der Waals surface area (Å²) in [6.45, 7) is 4.22. The largest absolute Gasteiger partial charge is 0.480 e. The third kappa shape index (κ3) is 4.79. The predicted octanol–water partition coefficient (Wildman–Crippen LogP) is 1.61. The number of anilines is 1. The fraction of sp³-hybridized carbons (Fsp3) is 0.600. The van der Waals surface area contributed by atoms with E-state index in [9.17, 15) is 14.4 Å². The molecule has 2 fully saturated rings. The number of hydrogen-bond donors (Lipinski definition) is 1. The van der Waals surface area contributed by atoms with Gasteiger partial charge in [-0.25, -0.2) is 4.98 Å². The normalized spacial score (nSPS) is 20.0. The van der Waals surface area contributed by atoms with Gasteiger partial charge in [-0.2, -0.15) is 0 Å². The third-order valence-electron chi connectivity index (χ3n) is 5.56. The van der Waals surface area contributed by atoms with Crippen molar-refractivity contribution in [3.8, 4) is 0 Å². The van der Waals surface area contributed by atoms with Gasteiger partial charge < -0.3 is 19.8 Å². The van der Waals surface area contributed by atoms with Gasteiger partial charge in [-0.3, -0.25) is 14.4 Å². The summed E-state index contributed by atoms with van der Waals surface area (Å²) in [7, 11) is 0. The molecule has 1 unspecified atom stereocenters. The van der Waals surface area contributed by atoms with Crippen LogP contribution < -0.4 is 4.90 Å². The summed E-state index contributed by atoms with van der Waals surface area (Å²) in [6, 6.07) is 3.59. The van der Waals surface area contributed by atoms with E-state index >= 15 is 0 Å². The van der Waals surface area contributed by atoms with Crippen molar-refractivity contribution < 1.29 is 19.5 Å². The van der Waals surface area contributed by atoms with Gasteiger partial charge in [0.25, 0.3) is 5.91 Å². The summed E-state index contributed by atoms with van der Waals surface area (Å²) >= 11 is 0. The van der Waals surface area contributed by atoms with E-state index in [1.165, 1.54) is 24.7 Å². The summed E-state index contributed by atoms with van der Waals surface area (Å²) in [6.07, 6.45) is 6.01. The molecule has 152 valence electrons. The Morgan fingerprint density at radius 3 is 2.46 bits per heavy atom. The maximum absolute atomic E-state index is 12.9. The van der Waals surface area contributed by atoms with Crippen LogP contribution in [0.3, 0.4) is 0 Å². The van der Waals surface area contributed by atoms with E-state index < -0.39 is 5.97 Å². The molecule has 2 aliphatic heterocycles. The summed E-state index contributed by atoms with van der Waals surface area (Å²) < 4.78 is 0. The van der Waals surface area contributed by atoms with Gasteiger partial charge in [0.15, 0.2) is 0 Å². The van der Waals surface area contributed by atoms with Crippen LogP contribution in [0, 0.1) is 0 Å². The monoisotopic (exact) mass is 388 g/mol. The van der Waals surface area contributed by atoms with Crippen molar-refractivity contribution in [1.82, 2.24) is 14.8 Å². The number of carboxylic acids is 1. The first kappa shape index (κ1) is 20.1. The highest BCUT2D eigenvalue weighted by molar-refractivity contribution is 5.94. The second-order valence-electron chi connectivity index (χ2n) is 7.52. The molecule has 0 aliphatic carbocycles. The van der Waals surface area contributed by atoms with Gasteiger partial charge >= 0.3 is 5.97 Å². The number of rotatable bonds is 5. The van der Waals surface area contributed by atoms with Crippen molar-refractivity contribution in [3.63, 3.8) is 0 Å². The Bertz CT molecular complexity index is 715. The molecule has 1 atom stereocenters. The molecule has 28 heavy (non-hydrogen) atoms. The van der Waals surface area contributed by atoms with E-state index in [-0.39, 0.29) is 24.4 Å². The number of carbonyl (C=O) groups excluding carboxylic acids is 2. The molecule has 1 aromatic rings. The highest BCUT2D eigenvalue weighted by Crippen LogP contribution is 2.21. The maximum atomic E-state index is 12.9. The molecule has 2 amide bonds. The average Bonchev–Trinajstić information content (AvgIpc) is 3.10. The van der Waals surface area contributed by atoms with Gasteiger partial charge in [0.05, 0.1) is 5.56 Å². The second-order valence-corrected chi connectivity index (χ2v) is 7.52. The zero-order valence-electron chi connectivity index (χ0n) is 16.3. The van der Waals surface area contributed by atoms with Crippen molar-refractivity contribution in [2.24, 2.45) is 0 Å². The molecule has 8 heteroatoms. The summed E-state index contributed by atoms with van der Waals surface area (Å²) in [4.78, 5) is 45.6. The molecule has 2 aliphatic rings. The van der Waals surface area contributed by atoms with E-state index in [4.69, 9.17) is 5.11 Å². The molecule has 0 spiro atoms. The topological polar surface area (TPSA) is 94.0 Å². The summed E-state index contributed by atoms with van der Waals surface area (Å²) in [5, 5.41) is 9.05. The lowest BCUT2D eigenvalue weighted by Crippen LogP contribution is -2.43. The van der Waals surface area contributed by atoms with Crippen molar-refractivity contribution in [3.05, 3.63) is 23.9 Å². The van der Waals surface area contributed by atoms with E-state index in [0.29, 0.717) is 31.5 Å². The van der Waals surface area contributed by atoms with Gasteiger partial charge in [0.1, 0.15) is 12.4 Å². The highest BCUT2D eigenvalue weighted by Gasteiger charge is 2.28. The molecule has 0 radical (unpaired) electrons. The molecule has 1 N–H and O–H groups in total. The number of carboxylic acid groups (broad SMARTS) is 1. The molecule has 8 nitrogen and oxygen atoms in total. The van der Waals surface area contributed by atoms with Gasteiger partial charge in [0.2, 0.25) is 5.91 Å². The first-order valence-electron chi connectivity index (χ1n) is 9.95. The number of amides is 2. The highest BCUT2D eigenvalue weighted by atomic mass is 16.4. The summed E-state index contributed by atoms with van der Waals surface area (Å²) in [5.74, 6) is -0.407. The maximum Gasteiger partial charge on any atom is 0.323 e. The van der Waals surface area contributed by atoms with Gasteiger partial charge in [-0.05, 0) is 44.2 Å². The van der Waals surface area contributed by atoms with Crippen molar-refractivity contribution in [2.45, 2.75) is 45.1 Å². The Labute approximate surface area is 165 Å². The predicted molar refractivity (Wildman–Crippen MR) is 104 cm³/mol. The van der Waals surface area contributed by atoms with Gasteiger partial charge in [-0.1, -0.05) is 0 Å². The van der Waals surface area contributed by atoms with Gasteiger partial charge in [-0.15, -0.1) is 0 Å². The molecule has 3 heterocycles. The molecule has 1 aromatic heterocycles. The zero-order chi connectivity index (χ0) is 20.1. The average molecular weight is 388 g/mol. The number of aromatic nitrogens is 1. The molecule has 0 aromatic carbocycles. The Kier molecular flexibility index (Phi) is 6.49. The lowest BCUT2D eigenvalue weighted by Gasteiger charge is -2.28. The SMILES string of the molecule is CC(=O)N(CC(=O)O)C1CCCN(C(=O)c2ccc(N3CCCC3)nc2)CC1. The van der Waals surface area contributed by atoms with Crippen LogP contribution in [0.2, 0.25) is 0 Å². The smallest absolute Gasteiger partial charge is 0.323 e. The zero-order valence-corrected chi connectivity index (χ0v) is 16.3. The Morgan fingerprint density at radius 2 is 1.86 bits per heavy atom. The number of likely N-dealkylation sites (tertiary alicyclic amines) is 1. The number of pyridine rings is 1. The lowest BCUT2D eigenvalue weighted by atomic mass is 10.1. The van der Waals surface area contributed by atoms with Crippen LogP contribution in [0.25, 0.3) is 0 Å². The number of carbonyl (C=O) groups is 3. The molecule has 3 rings (SSSR count). The van der Waals surface area contributed by atoms with Crippen molar-refractivity contribution >= 4 is 23.6 Å². The Hall–Kier alpha value is -2.64. The fourth-order valence-electron chi connectivity index (χ4n) is 4.07. The Balaban J connectivity index is 1.62. The van der Waals surface area contributed by atoms with Crippen LogP contribution in [-0.4, -0.2) is 76.4 Å². The molecule has 0 saturated carbocycles. The molecular formula is C20H28N4O4. The van der Waals surface area contributed by atoms with E-state index in [1.54, 1.807) is 11.1 Å². The van der Waals surface area contributed by atoms with E-state index in [1.807, 2.05) is 12.1 Å². The number of nitrogens with zero attached hydrogens (tertiary/aromatic N) is 4. The first-order chi connectivity index (χ1) is 13.5.